The minimum Gasteiger partial charge on any atom is -0.466 e. The molecule has 0 fully saturated rings. The third-order valence-corrected chi connectivity index (χ3v) is 4.56. The van der Waals surface area contributed by atoms with Crippen LogP contribution in [0.1, 0.15) is 23.0 Å². The van der Waals surface area contributed by atoms with E-state index in [9.17, 15) is 9.59 Å². The lowest BCUT2D eigenvalue weighted by atomic mass is 10.3. The molecular formula is C16H17N3O3S2. The van der Waals surface area contributed by atoms with Gasteiger partial charge in [0.2, 0.25) is 0 Å². The summed E-state index contributed by atoms with van der Waals surface area (Å²) in [6, 6.07) is 3.42. The zero-order chi connectivity index (χ0) is 17.4. The van der Waals surface area contributed by atoms with E-state index in [0.29, 0.717) is 33.8 Å². The van der Waals surface area contributed by atoms with E-state index < -0.39 is 0 Å². The van der Waals surface area contributed by atoms with Crippen LogP contribution in [0.4, 0.5) is 5.13 Å². The molecule has 0 radical (unpaired) electrons. The second-order valence-corrected chi connectivity index (χ2v) is 6.40. The van der Waals surface area contributed by atoms with Crippen molar-refractivity contribution >= 4 is 40.1 Å². The summed E-state index contributed by atoms with van der Waals surface area (Å²) in [5, 5.41) is 5.53. The standard InChI is InChI=1S/C16H17N3O3S2/c1-3-8-23-15-12(6-5-7-17-15)14(21)19-16-18-11(10-24-16)9-13(20)22-4-2/h3,5-7,10H,1,4,8-9H2,2H3,(H,18,19,21). The Morgan fingerprint density at radius 1 is 1.50 bits per heavy atom. The third-order valence-electron chi connectivity index (χ3n) is 2.76. The van der Waals surface area contributed by atoms with Crippen molar-refractivity contribution in [3.8, 4) is 0 Å². The van der Waals surface area contributed by atoms with Crippen LogP contribution in [0.3, 0.4) is 0 Å². The number of hydrogen-bond acceptors (Lipinski definition) is 7. The molecular weight excluding hydrogens is 346 g/mol. The quantitative estimate of drug-likeness (QED) is 0.441. The minimum absolute atomic E-state index is 0.0908. The zero-order valence-electron chi connectivity index (χ0n) is 13.2. The van der Waals surface area contributed by atoms with Crippen molar-refractivity contribution in [2.24, 2.45) is 0 Å². The summed E-state index contributed by atoms with van der Waals surface area (Å²) in [4.78, 5) is 32.3. The molecule has 2 aromatic heterocycles. The van der Waals surface area contributed by atoms with Crippen molar-refractivity contribution < 1.29 is 14.3 Å². The van der Waals surface area contributed by atoms with Gasteiger partial charge in [-0.2, -0.15) is 0 Å². The molecule has 126 valence electrons. The molecule has 0 saturated heterocycles. The van der Waals surface area contributed by atoms with Gasteiger partial charge in [0, 0.05) is 17.3 Å². The fraction of sp³-hybridized carbons (Fsp3) is 0.250. The van der Waals surface area contributed by atoms with Crippen molar-refractivity contribution in [1.82, 2.24) is 9.97 Å². The van der Waals surface area contributed by atoms with E-state index in [1.807, 2.05) is 0 Å². The molecule has 2 rings (SSSR count). The van der Waals surface area contributed by atoms with Gasteiger partial charge in [0.15, 0.2) is 5.13 Å². The van der Waals surface area contributed by atoms with Gasteiger partial charge >= 0.3 is 5.97 Å². The summed E-state index contributed by atoms with van der Waals surface area (Å²) < 4.78 is 4.88. The highest BCUT2D eigenvalue weighted by atomic mass is 32.2. The van der Waals surface area contributed by atoms with Crippen LogP contribution in [0.5, 0.6) is 0 Å². The van der Waals surface area contributed by atoms with E-state index in [-0.39, 0.29) is 18.3 Å². The van der Waals surface area contributed by atoms with Gasteiger partial charge in [0.05, 0.1) is 24.3 Å². The largest absolute Gasteiger partial charge is 0.466 e. The van der Waals surface area contributed by atoms with Crippen LogP contribution in [-0.4, -0.2) is 34.2 Å². The van der Waals surface area contributed by atoms with Crippen LogP contribution < -0.4 is 5.32 Å². The predicted molar refractivity (Wildman–Crippen MR) is 95.6 cm³/mol. The number of ether oxygens (including phenoxy) is 1. The zero-order valence-corrected chi connectivity index (χ0v) is 14.8. The number of anilines is 1. The number of esters is 1. The second kappa shape index (κ2) is 9.19. The normalized spacial score (nSPS) is 10.2. The first-order valence-electron chi connectivity index (χ1n) is 7.24. The summed E-state index contributed by atoms with van der Waals surface area (Å²) in [6.45, 7) is 5.74. The van der Waals surface area contributed by atoms with Crippen molar-refractivity contribution in [3.05, 3.63) is 47.6 Å². The predicted octanol–water partition coefficient (Wildman–Crippen LogP) is 3.17. The molecule has 0 unspecified atom stereocenters. The molecule has 1 N–H and O–H groups in total. The Kier molecular flexibility index (Phi) is 6.95. The molecule has 0 atom stereocenters. The maximum atomic E-state index is 12.4. The summed E-state index contributed by atoms with van der Waals surface area (Å²) in [5.74, 6) is 0.0425. The Bertz CT molecular complexity index is 731. The molecule has 0 bridgehead atoms. The van der Waals surface area contributed by atoms with Gasteiger partial charge in [0.25, 0.3) is 5.91 Å². The second-order valence-electron chi connectivity index (χ2n) is 4.54. The number of carbonyl (C=O) groups excluding carboxylic acids is 2. The Labute approximate surface area is 148 Å². The number of thiazole rings is 1. The monoisotopic (exact) mass is 363 g/mol. The maximum Gasteiger partial charge on any atom is 0.311 e. The number of rotatable bonds is 8. The fourth-order valence-corrected chi connectivity index (χ4v) is 3.22. The number of carbonyl (C=O) groups is 2. The van der Waals surface area contributed by atoms with Crippen molar-refractivity contribution in [2.75, 3.05) is 17.7 Å². The molecule has 0 aliphatic rings. The molecule has 1 amide bonds. The number of nitrogens with zero attached hydrogens (tertiary/aromatic N) is 2. The van der Waals surface area contributed by atoms with Crippen LogP contribution in [0, 0.1) is 0 Å². The average molecular weight is 363 g/mol. The number of hydrogen-bond donors (Lipinski definition) is 1. The lowest BCUT2D eigenvalue weighted by Crippen LogP contribution is -2.14. The average Bonchev–Trinajstić information content (AvgIpc) is 3.00. The molecule has 0 aliphatic heterocycles. The Morgan fingerprint density at radius 2 is 2.33 bits per heavy atom. The smallest absolute Gasteiger partial charge is 0.311 e. The van der Waals surface area contributed by atoms with Gasteiger partial charge in [-0.1, -0.05) is 6.08 Å². The summed E-state index contributed by atoms with van der Waals surface area (Å²) >= 11 is 2.70. The van der Waals surface area contributed by atoms with Gasteiger partial charge in [-0.3, -0.25) is 14.9 Å². The van der Waals surface area contributed by atoms with Crippen molar-refractivity contribution in [2.45, 2.75) is 18.4 Å². The number of amides is 1. The van der Waals surface area contributed by atoms with Crippen LogP contribution in [0.15, 0.2) is 41.4 Å². The Morgan fingerprint density at radius 3 is 3.08 bits per heavy atom. The molecule has 0 aliphatic carbocycles. The van der Waals surface area contributed by atoms with Crippen LogP contribution >= 0.6 is 23.1 Å². The highest BCUT2D eigenvalue weighted by Crippen LogP contribution is 2.22. The first kappa shape index (κ1) is 18.2. The van der Waals surface area contributed by atoms with Gasteiger partial charge in [-0.25, -0.2) is 9.97 Å². The maximum absolute atomic E-state index is 12.4. The number of pyridine rings is 1. The summed E-state index contributed by atoms with van der Waals surface area (Å²) in [6.07, 6.45) is 3.49. The highest BCUT2D eigenvalue weighted by Gasteiger charge is 2.15. The van der Waals surface area contributed by atoms with Crippen LogP contribution in [-0.2, 0) is 16.0 Å². The van der Waals surface area contributed by atoms with Gasteiger partial charge in [-0.05, 0) is 19.1 Å². The lowest BCUT2D eigenvalue weighted by molar-refractivity contribution is -0.142. The van der Waals surface area contributed by atoms with E-state index in [2.05, 4.69) is 21.9 Å². The number of aromatic nitrogens is 2. The molecule has 24 heavy (non-hydrogen) atoms. The fourth-order valence-electron chi connectivity index (χ4n) is 1.79. The molecule has 0 aromatic carbocycles. The van der Waals surface area contributed by atoms with E-state index in [0.717, 1.165) is 0 Å². The number of nitrogens with one attached hydrogen (secondary N) is 1. The SMILES string of the molecule is C=CCSc1ncccc1C(=O)Nc1nc(CC(=O)OCC)cs1. The first-order valence-corrected chi connectivity index (χ1v) is 9.10. The number of thioether (sulfide) groups is 1. The minimum atomic E-state index is -0.337. The summed E-state index contributed by atoms with van der Waals surface area (Å²) in [5.41, 5.74) is 1.05. The van der Waals surface area contributed by atoms with E-state index in [4.69, 9.17) is 4.74 Å². The van der Waals surface area contributed by atoms with Crippen LogP contribution in [0.2, 0.25) is 0 Å². The van der Waals surface area contributed by atoms with E-state index >= 15 is 0 Å². The Hall–Kier alpha value is -2.19. The third kappa shape index (κ3) is 5.17. The molecule has 0 spiro atoms. The van der Waals surface area contributed by atoms with Gasteiger partial charge in [0.1, 0.15) is 5.03 Å². The topological polar surface area (TPSA) is 81.2 Å². The van der Waals surface area contributed by atoms with E-state index in [1.165, 1.54) is 23.1 Å². The van der Waals surface area contributed by atoms with E-state index in [1.54, 1.807) is 36.7 Å². The molecule has 0 saturated carbocycles. The van der Waals surface area contributed by atoms with Crippen molar-refractivity contribution in [3.63, 3.8) is 0 Å². The highest BCUT2D eigenvalue weighted by molar-refractivity contribution is 7.99. The molecule has 2 aromatic rings. The Balaban J connectivity index is 2.04. The lowest BCUT2D eigenvalue weighted by Gasteiger charge is -2.06. The summed E-state index contributed by atoms with van der Waals surface area (Å²) in [7, 11) is 0. The van der Waals surface area contributed by atoms with Crippen LogP contribution in [0.25, 0.3) is 0 Å². The van der Waals surface area contributed by atoms with Crippen molar-refractivity contribution in [1.29, 1.82) is 0 Å². The first-order chi connectivity index (χ1) is 11.6. The molecule has 6 nitrogen and oxygen atoms in total. The van der Waals surface area contributed by atoms with Gasteiger partial charge in [-0.15, -0.1) is 29.7 Å². The molecule has 8 heteroatoms. The van der Waals surface area contributed by atoms with Gasteiger partial charge < -0.3 is 4.74 Å². The molecule has 2 heterocycles.